The van der Waals surface area contributed by atoms with E-state index in [1.165, 1.54) is 13.1 Å². The Morgan fingerprint density at radius 1 is 1.27 bits per heavy atom. The van der Waals surface area contributed by atoms with Crippen molar-refractivity contribution in [2.24, 2.45) is 0 Å². The molecule has 6 heteroatoms. The molecule has 0 N–H and O–H groups in total. The summed E-state index contributed by atoms with van der Waals surface area (Å²) in [5.74, 6) is 0.886. The van der Waals surface area contributed by atoms with E-state index in [1.54, 1.807) is 0 Å². The average Bonchev–Trinajstić information content (AvgIpc) is 2.80. The van der Waals surface area contributed by atoms with Crippen LogP contribution < -0.4 is 4.74 Å². The first-order chi connectivity index (χ1) is 10.6. The predicted molar refractivity (Wildman–Crippen MR) is 91.7 cm³/mol. The Kier molecular flexibility index (Phi) is 7.79. The van der Waals surface area contributed by atoms with Gasteiger partial charge >= 0.3 is 147 Å². The number of likely N-dealkylation sites (N-methyl/N-ethyl adjacent to an activating group) is 1. The first-order valence-electron chi connectivity index (χ1n) is 7.57. The molecule has 1 aliphatic heterocycles. The number of unbranched alkanes of at least 4 members (excludes halogenated alkanes) is 1. The summed E-state index contributed by atoms with van der Waals surface area (Å²) in [7, 11) is 14.1. The van der Waals surface area contributed by atoms with Gasteiger partial charge in [0.15, 0.2) is 0 Å². The molecule has 1 unspecified atom stereocenters. The van der Waals surface area contributed by atoms with Gasteiger partial charge in [-0.25, -0.2) is 0 Å². The fourth-order valence-corrected chi connectivity index (χ4v) is 4.42. The van der Waals surface area contributed by atoms with Crippen LogP contribution in [-0.2, 0) is 13.5 Å². The molecular formula is C16H24Cl2N2ORu. The van der Waals surface area contributed by atoms with E-state index in [1.807, 2.05) is 28.9 Å². The fraction of sp³-hybridized carbons (Fsp3) is 0.562. The zero-order chi connectivity index (χ0) is 15.9. The Bertz CT molecular complexity index is 509. The first-order valence-corrected chi connectivity index (χ1v) is 13.0. The van der Waals surface area contributed by atoms with Gasteiger partial charge in [-0.15, -0.1) is 0 Å². The van der Waals surface area contributed by atoms with Crippen molar-refractivity contribution < 1.29 is 18.3 Å². The molecule has 0 radical (unpaired) electrons. The second kappa shape index (κ2) is 9.34. The molecule has 1 heterocycles. The number of hydrogen-bond donors (Lipinski definition) is 0. The maximum absolute atomic E-state index is 5.95. The summed E-state index contributed by atoms with van der Waals surface area (Å²) in [5.41, 5.74) is 1.01. The number of ether oxygens (including phenoxy) is 1. The van der Waals surface area contributed by atoms with Crippen LogP contribution in [0.5, 0.6) is 5.75 Å². The minimum absolute atomic E-state index is 0.561. The van der Waals surface area contributed by atoms with Crippen molar-refractivity contribution in [3.63, 3.8) is 0 Å². The third-order valence-corrected chi connectivity index (χ3v) is 5.94. The zero-order valence-electron chi connectivity index (χ0n) is 13.1. The van der Waals surface area contributed by atoms with E-state index < -0.39 is 13.5 Å². The third kappa shape index (κ3) is 5.58. The monoisotopic (exact) mass is 432 g/mol. The topological polar surface area (TPSA) is 15.7 Å². The van der Waals surface area contributed by atoms with Crippen molar-refractivity contribution >= 4 is 24.0 Å². The molecule has 2 rings (SSSR count). The predicted octanol–water partition coefficient (Wildman–Crippen LogP) is 3.52. The van der Waals surface area contributed by atoms with E-state index in [9.17, 15) is 0 Å². The standard InChI is InChI=1S/C16H24N2O.2ClH.Ru/c1-14-8-4-5-9-16(14)19-13-7-6-10-18-12-11-17(3)15(18)2;;;/h1,4-5,8-9,15H,6-7,10-13H2,2-3H3;2*1H;/q;;;+2/p-2. The van der Waals surface area contributed by atoms with E-state index in [-0.39, 0.29) is 0 Å². The molecule has 3 nitrogen and oxygen atoms in total. The van der Waals surface area contributed by atoms with E-state index in [0.29, 0.717) is 6.17 Å². The van der Waals surface area contributed by atoms with Gasteiger partial charge in [0.05, 0.1) is 0 Å². The minimum atomic E-state index is -1.81. The molecule has 0 spiro atoms. The molecule has 0 saturated carbocycles. The molecule has 126 valence electrons. The van der Waals surface area contributed by atoms with Gasteiger partial charge in [-0.3, -0.25) is 0 Å². The summed E-state index contributed by atoms with van der Waals surface area (Å²) in [5, 5.41) is 0. The number of halogens is 2. The molecule has 1 aromatic carbocycles. The van der Waals surface area contributed by atoms with Crippen LogP contribution in [0.2, 0.25) is 0 Å². The van der Waals surface area contributed by atoms with Crippen LogP contribution in [0.15, 0.2) is 24.3 Å². The quantitative estimate of drug-likeness (QED) is 0.485. The number of nitrogens with zero attached hydrogens (tertiary/aromatic N) is 2. The first kappa shape index (κ1) is 18.4. The average molecular weight is 432 g/mol. The Morgan fingerprint density at radius 3 is 2.73 bits per heavy atom. The SMILES string of the molecule is CC1N(C)CCN1CCCCOc1ccccc1[CH]=[Ru]([Cl])[Cl]. The molecule has 22 heavy (non-hydrogen) atoms. The third-order valence-electron chi connectivity index (χ3n) is 4.11. The Hall–Kier alpha value is 0.0134. The van der Waals surface area contributed by atoms with Gasteiger partial charge in [-0.05, 0) is 0 Å². The Labute approximate surface area is 146 Å². The number of hydrogen-bond acceptors (Lipinski definition) is 3. The summed E-state index contributed by atoms with van der Waals surface area (Å²) in [4.78, 5) is 4.92. The zero-order valence-corrected chi connectivity index (χ0v) is 16.4. The van der Waals surface area contributed by atoms with Crippen LogP contribution >= 0.6 is 19.4 Å². The van der Waals surface area contributed by atoms with Gasteiger partial charge in [-0.2, -0.15) is 0 Å². The molecule has 1 fully saturated rings. The van der Waals surface area contributed by atoms with Gasteiger partial charge in [-0.1, -0.05) is 0 Å². The summed E-state index contributed by atoms with van der Waals surface area (Å²) in [6.45, 7) is 6.49. The number of rotatable bonds is 7. The summed E-state index contributed by atoms with van der Waals surface area (Å²) in [6.07, 6.45) is 2.78. The van der Waals surface area contributed by atoms with Crippen LogP contribution in [0.1, 0.15) is 25.3 Å². The van der Waals surface area contributed by atoms with Gasteiger partial charge < -0.3 is 0 Å². The van der Waals surface area contributed by atoms with E-state index >= 15 is 0 Å². The van der Waals surface area contributed by atoms with E-state index in [0.717, 1.165) is 37.3 Å². The normalized spacial score (nSPS) is 20.2. The van der Waals surface area contributed by atoms with Gasteiger partial charge in [0.25, 0.3) is 0 Å². The van der Waals surface area contributed by atoms with Crippen molar-refractivity contribution in [3.8, 4) is 5.75 Å². The van der Waals surface area contributed by atoms with Crippen LogP contribution in [-0.4, -0.2) is 53.9 Å². The van der Waals surface area contributed by atoms with Crippen LogP contribution in [0.4, 0.5) is 0 Å². The second-order valence-corrected chi connectivity index (χ2v) is 11.3. The van der Waals surface area contributed by atoms with Gasteiger partial charge in [0.2, 0.25) is 0 Å². The van der Waals surface area contributed by atoms with Gasteiger partial charge in [0, 0.05) is 0 Å². The molecule has 0 aromatic heterocycles. The van der Waals surface area contributed by atoms with Crippen LogP contribution in [0.25, 0.3) is 0 Å². The molecule has 1 aromatic rings. The van der Waals surface area contributed by atoms with Crippen molar-refractivity contribution in [1.29, 1.82) is 0 Å². The molecule has 1 atom stereocenters. The van der Waals surface area contributed by atoms with E-state index in [2.05, 4.69) is 23.8 Å². The van der Waals surface area contributed by atoms with Crippen molar-refractivity contribution in [2.75, 3.05) is 33.3 Å². The van der Waals surface area contributed by atoms with Crippen molar-refractivity contribution in [1.82, 2.24) is 9.80 Å². The maximum atomic E-state index is 5.95. The van der Waals surface area contributed by atoms with Crippen molar-refractivity contribution in [2.45, 2.75) is 25.9 Å². The van der Waals surface area contributed by atoms with Gasteiger partial charge in [0.1, 0.15) is 0 Å². The molecule has 0 amide bonds. The molecule has 1 aliphatic rings. The Morgan fingerprint density at radius 2 is 2.05 bits per heavy atom. The number of benzene rings is 1. The molecule has 0 bridgehead atoms. The summed E-state index contributed by atoms with van der Waals surface area (Å²) in [6, 6.07) is 7.95. The molecule has 1 saturated heterocycles. The van der Waals surface area contributed by atoms with Crippen LogP contribution in [0, 0.1) is 0 Å². The number of para-hydroxylation sites is 1. The molecular weight excluding hydrogens is 408 g/mol. The molecule has 0 aliphatic carbocycles. The summed E-state index contributed by atoms with van der Waals surface area (Å²) < 4.78 is 7.83. The Balaban J connectivity index is 1.72. The fourth-order valence-electron chi connectivity index (χ4n) is 2.62. The van der Waals surface area contributed by atoms with Crippen molar-refractivity contribution in [3.05, 3.63) is 29.8 Å². The van der Waals surface area contributed by atoms with Crippen LogP contribution in [0.3, 0.4) is 0 Å². The summed E-state index contributed by atoms with van der Waals surface area (Å²) >= 11 is -1.81. The second-order valence-electron chi connectivity index (χ2n) is 5.55. The van der Waals surface area contributed by atoms with E-state index in [4.69, 9.17) is 24.1 Å².